The van der Waals surface area contributed by atoms with Crippen LogP contribution in [0, 0.1) is 0 Å². The molecular weight excluding hydrogens is 621 g/mol. The molecule has 5 aliphatic rings. The Labute approximate surface area is 279 Å². The van der Waals surface area contributed by atoms with E-state index in [1.165, 1.54) is 57.0 Å². The number of nitrogens with zero attached hydrogens (tertiary/aromatic N) is 2. The smallest absolute Gasteiger partial charge is 0.216 e. The second-order valence-corrected chi connectivity index (χ2v) is 16.2. The first-order valence-corrected chi connectivity index (χ1v) is 18.6. The summed E-state index contributed by atoms with van der Waals surface area (Å²) in [6, 6.07) is 17.3. The summed E-state index contributed by atoms with van der Waals surface area (Å²) in [5.74, 6) is 0.0539. The molecule has 47 heavy (non-hydrogen) atoms. The van der Waals surface area contributed by atoms with Crippen LogP contribution in [0.3, 0.4) is 0 Å². The summed E-state index contributed by atoms with van der Waals surface area (Å²) in [6.45, 7) is 0. The molecule has 0 bridgehead atoms. The lowest BCUT2D eigenvalue weighted by atomic mass is 9.62. The number of aliphatic imine (C=N–C) groups is 1. The van der Waals surface area contributed by atoms with Crippen molar-refractivity contribution in [2.24, 2.45) is 9.98 Å². The first-order valence-electron chi connectivity index (χ1n) is 17.0. The monoisotopic (exact) mass is 652 g/mol. The normalized spacial score (nSPS) is 21.0. The summed E-state index contributed by atoms with van der Waals surface area (Å²) in [4.78, 5) is 54.1. The molecule has 3 aromatic carbocycles. The molecule has 0 N–H and O–H groups in total. The third-order valence-corrected chi connectivity index (χ3v) is 14.0. The molecule has 0 aliphatic heterocycles. The van der Waals surface area contributed by atoms with Crippen LogP contribution < -0.4 is 16.2 Å². The molecule has 2 aromatic heterocycles. The number of Topliss-reactive ketones (excluding diaryl/α,β-unsaturated/α-hetero) is 1. The minimum atomic E-state index is -0.274. The quantitative estimate of drug-likeness (QED) is 0.192. The summed E-state index contributed by atoms with van der Waals surface area (Å²) in [5, 5.41) is 1.95. The molecule has 2 spiro atoms. The molecular formula is C40H32N2O3S2. The number of allylic oxidation sites excluding steroid dienone is 1. The molecule has 5 aromatic rings. The molecule has 232 valence electrons. The van der Waals surface area contributed by atoms with Crippen LogP contribution in [-0.2, 0) is 17.3 Å². The van der Waals surface area contributed by atoms with Gasteiger partial charge in [0.2, 0.25) is 16.6 Å². The van der Waals surface area contributed by atoms with Crippen molar-refractivity contribution in [1.82, 2.24) is 0 Å². The van der Waals surface area contributed by atoms with Crippen molar-refractivity contribution in [1.29, 1.82) is 0 Å². The van der Waals surface area contributed by atoms with Gasteiger partial charge in [-0.3, -0.25) is 14.4 Å². The van der Waals surface area contributed by atoms with Crippen LogP contribution in [0.25, 0.3) is 26.6 Å². The molecule has 0 atom stereocenters. The highest BCUT2D eigenvalue weighted by Crippen LogP contribution is 2.67. The zero-order valence-electron chi connectivity index (χ0n) is 26.0. The predicted octanol–water partition coefficient (Wildman–Crippen LogP) is 8.46. The van der Waals surface area contributed by atoms with Crippen molar-refractivity contribution in [3.8, 4) is 9.75 Å². The number of carbonyl (C=O) groups is 1. The van der Waals surface area contributed by atoms with E-state index in [0.717, 1.165) is 60.3 Å². The van der Waals surface area contributed by atoms with Crippen molar-refractivity contribution in [2.75, 3.05) is 0 Å². The Morgan fingerprint density at radius 1 is 0.660 bits per heavy atom. The Balaban J connectivity index is 1.15. The topological polar surface area (TPSA) is 75.9 Å². The molecule has 0 unspecified atom stereocenters. The largest absolute Gasteiger partial charge is 0.287 e. The van der Waals surface area contributed by atoms with Gasteiger partial charge in [0.05, 0.1) is 16.3 Å². The number of rotatable bonds is 2. The van der Waals surface area contributed by atoms with E-state index < -0.39 is 0 Å². The minimum absolute atomic E-state index is 0.0539. The molecule has 0 radical (unpaired) electrons. The maximum Gasteiger partial charge on any atom is 0.216 e. The molecule has 0 saturated heterocycles. The summed E-state index contributed by atoms with van der Waals surface area (Å²) in [7, 11) is 0. The summed E-state index contributed by atoms with van der Waals surface area (Å²) in [5.41, 5.74) is 6.90. The van der Waals surface area contributed by atoms with E-state index in [4.69, 9.17) is 9.98 Å². The van der Waals surface area contributed by atoms with E-state index in [9.17, 15) is 14.4 Å². The lowest BCUT2D eigenvalue weighted by Crippen LogP contribution is -2.37. The first kappa shape index (κ1) is 28.0. The molecule has 10 rings (SSSR count). The Morgan fingerprint density at radius 3 is 2.02 bits per heavy atom. The van der Waals surface area contributed by atoms with Crippen molar-refractivity contribution in [3.63, 3.8) is 0 Å². The van der Waals surface area contributed by atoms with Gasteiger partial charge in [0.15, 0.2) is 5.36 Å². The van der Waals surface area contributed by atoms with Crippen LogP contribution >= 0.6 is 22.7 Å². The van der Waals surface area contributed by atoms with Crippen LogP contribution in [0.5, 0.6) is 0 Å². The van der Waals surface area contributed by atoms with Crippen molar-refractivity contribution >= 4 is 56.0 Å². The van der Waals surface area contributed by atoms with Crippen molar-refractivity contribution < 1.29 is 4.79 Å². The number of carbonyl (C=O) groups excluding carboxylic acids is 1. The highest BCUT2D eigenvalue weighted by Gasteiger charge is 2.55. The Morgan fingerprint density at radius 2 is 1.32 bits per heavy atom. The Hall–Kier alpha value is -4.07. The van der Waals surface area contributed by atoms with Crippen LogP contribution in [0.15, 0.2) is 79.9 Å². The van der Waals surface area contributed by atoms with Gasteiger partial charge in [0, 0.05) is 43.3 Å². The van der Waals surface area contributed by atoms with Gasteiger partial charge in [-0.2, -0.15) is 0 Å². The fourth-order valence-electron chi connectivity index (χ4n) is 9.59. The molecule has 2 saturated carbocycles. The fraction of sp³-hybridized carbons (Fsp3) is 0.325. The average molecular weight is 653 g/mol. The number of hydrogen-bond acceptors (Lipinski definition) is 7. The van der Waals surface area contributed by atoms with E-state index in [-0.39, 0.29) is 32.8 Å². The third kappa shape index (κ3) is 3.73. The highest BCUT2D eigenvalue weighted by atomic mass is 32.1. The van der Waals surface area contributed by atoms with Crippen molar-refractivity contribution in [3.05, 3.63) is 119 Å². The van der Waals surface area contributed by atoms with Crippen molar-refractivity contribution in [2.45, 2.75) is 81.5 Å². The Bertz CT molecular complexity index is 2370. The molecule has 7 heteroatoms. The summed E-state index contributed by atoms with van der Waals surface area (Å²) >= 11 is 3.61. The van der Waals surface area contributed by atoms with Crippen LogP contribution in [-0.4, -0.2) is 11.5 Å². The second kappa shape index (κ2) is 9.97. The van der Waals surface area contributed by atoms with Gasteiger partial charge in [-0.25, -0.2) is 9.98 Å². The van der Waals surface area contributed by atoms with Crippen LogP contribution in [0.2, 0.25) is 0 Å². The van der Waals surface area contributed by atoms with E-state index in [2.05, 4.69) is 12.1 Å². The third-order valence-electron chi connectivity index (χ3n) is 11.7. The molecule has 0 amide bonds. The Kier molecular flexibility index (Phi) is 5.94. The lowest BCUT2D eigenvalue weighted by molar-refractivity contribution is 0.106. The number of hydrogen-bond donors (Lipinski definition) is 0. The maximum atomic E-state index is 13.5. The fourth-order valence-corrected chi connectivity index (χ4v) is 12.3. The van der Waals surface area contributed by atoms with E-state index >= 15 is 0 Å². The maximum absolute atomic E-state index is 13.5. The van der Waals surface area contributed by atoms with Gasteiger partial charge in [-0.1, -0.05) is 87.1 Å². The number of benzene rings is 2. The van der Waals surface area contributed by atoms with Crippen LogP contribution in [0.1, 0.15) is 102 Å². The van der Waals surface area contributed by atoms with Gasteiger partial charge < -0.3 is 0 Å². The van der Waals surface area contributed by atoms with E-state index in [1.807, 2.05) is 47.7 Å². The van der Waals surface area contributed by atoms with Crippen LogP contribution in [0.4, 0.5) is 5.00 Å². The summed E-state index contributed by atoms with van der Waals surface area (Å²) in [6.07, 6.45) is 14.1. The molecule has 2 fully saturated rings. The lowest BCUT2D eigenvalue weighted by Gasteiger charge is -2.41. The number of thiophene rings is 2. The minimum Gasteiger partial charge on any atom is -0.287 e. The molecule has 2 heterocycles. The van der Waals surface area contributed by atoms with Gasteiger partial charge in [-0.05, 0) is 60.1 Å². The highest BCUT2D eigenvalue weighted by molar-refractivity contribution is 7.25. The molecule has 5 aliphatic carbocycles. The zero-order valence-corrected chi connectivity index (χ0v) is 27.6. The second-order valence-electron chi connectivity index (χ2n) is 14.1. The van der Waals surface area contributed by atoms with Gasteiger partial charge in [-0.15, -0.1) is 22.7 Å². The average Bonchev–Trinajstić information content (AvgIpc) is 3.91. The molecule has 5 nitrogen and oxygen atoms in total. The first-order chi connectivity index (χ1) is 23.0. The standard InChI is InChI=1S/C40H32N2O3S2/c43-34-23-12-4-3-11-22(23)19-27(34)41-30-20-26-37(47-30)38-32(39(26)15-7-1-8-16-39)31-28(46-38)21-29(40(31)17-9-2-10-18-40)42-33-35(44)24-13-5-6-14-25(24)36(33)45/h3-6,11-14,20-21H,1-2,7-10,15-19H2/b41-27+. The van der Waals surface area contributed by atoms with E-state index in [1.54, 1.807) is 23.5 Å². The number of ketones is 1. The van der Waals surface area contributed by atoms with Gasteiger partial charge in [0.25, 0.3) is 0 Å². The zero-order chi connectivity index (χ0) is 31.5. The summed E-state index contributed by atoms with van der Waals surface area (Å²) < 4.78 is 0. The van der Waals surface area contributed by atoms with Gasteiger partial charge in [0.1, 0.15) is 5.00 Å². The van der Waals surface area contributed by atoms with Gasteiger partial charge >= 0.3 is 0 Å². The number of fused-ring (bicyclic) bond motifs is 10. The predicted molar refractivity (Wildman–Crippen MR) is 190 cm³/mol. The SMILES string of the molecule is O=C1/C(=N/c2cc3c(s2)-c2sc4c(c2C32CCCCC2)C2(CCCCC2)C(N=c2c(=O)c3ccccc3c2=O)=C4)Cc2ccccc21. The van der Waals surface area contributed by atoms with E-state index in [0.29, 0.717) is 22.9 Å².